The van der Waals surface area contributed by atoms with Gasteiger partial charge in [-0.05, 0) is 26.9 Å². The van der Waals surface area contributed by atoms with E-state index in [2.05, 4.69) is 24.1 Å². The van der Waals surface area contributed by atoms with Gasteiger partial charge < -0.3 is 10.1 Å². The van der Waals surface area contributed by atoms with Gasteiger partial charge in [0, 0.05) is 26.2 Å². The largest absolute Gasteiger partial charge is 0.383 e. The van der Waals surface area contributed by atoms with Crippen LogP contribution in [0.4, 0.5) is 0 Å². The molecule has 1 atom stereocenters. The van der Waals surface area contributed by atoms with Crippen molar-refractivity contribution in [2.45, 2.75) is 26.3 Å². The first-order valence-electron chi connectivity index (χ1n) is 5.13. The molecule has 0 aliphatic heterocycles. The first-order chi connectivity index (χ1) is 6.26. The SMILES string of the molecule is CCCN(CCNC)C(C)COC. The molecule has 0 heterocycles. The maximum absolute atomic E-state index is 5.15. The number of rotatable bonds is 8. The first kappa shape index (κ1) is 12.9. The molecule has 0 spiro atoms. The number of hydrogen-bond acceptors (Lipinski definition) is 3. The third kappa shape index (κ3) is 6.02. The molecule has 0 saturated carbocycles. The number of hydrogen-bond donors (Lipinski definition) is 1. The molecule has 13 heavy (non-hydrogen) atoms. The Hall–Kier alpha value is -0.120. The lowest BCUT2D eigenvalue weighted by atomic mass is 10.2. The standard InChI is InChI=1S/C10H24N2O/c1-5-7-12(8-6-11-3)10(2)9-13-4/h10-11H,5-9H2,1-4H3. The quantitative estimate of drug-likeness (QED) is 0.614. The number of likely N-dealkylation sites (N-methyl/N-ethyl adjacent to an activating group) is 1. The van der Waals surface area contributed by atoms with Gasteiger partial charge in [0.25, 0.3) is 0 Å². The zero-order chi connectivity index (χ0) is 10.1. The average molecular weight is 188 g/mol. The Morgan fingerprint density at radius 2 is 2.08 bits per heavy atom. The van der Waals surface area contributed by atoms with Gasteiger partial charge in [-0.1, -0.05) is 6.92 Å². The predicted octanol–water partition coefficient (Wildman–Crippen LogP) is 0.953. The van der Waals surface area contributed by atoms with Crippen molar-refractivity contribution in [3.8, 4) is 0 Å². The molecule has 0 fully saturated rings. The Morgan fingerprint density at radius 3 is 2.54 bits per heavy atom. The van der Waals surface area contributed by atoms with E-state index in [9.17, 15) is 0 Å². The Bertz CT molecular complexity index is 109. The van der Waals surface area contributed by atoms with Crippen LogP contribution in [0.2, 0.25) is 0 Å². The lowest BCUT2D eigenvalue weighted by molar-refractivity contribution is 0.0999. The minimum absolute atomic E-state index is 0.526. The van der Waals surface area contributed by atoms with E-state index in [0.717, 1.165) is 26.2 Å². The van der Waals surface area contributed by atoms with Gasteiger partial charge in [-0.2, -0.15) is 0 Å². The van der Waals surface area contributed by atoms with Crippen LogP contribution in [0.5, 0.6) is 0 Å². The fraction of sp³-hybridized carbons (Fsp3) is 1.00. The van der Waals surface area contributed by atoms with Crippen molar-refractivity contribution in [3.05, 3.63) is 0 Å². The molecule has 0 aromatic carbocycles. The zero-order valence-electron chi connectivity index (χ0n) is 9.47. The molecule has 0 bridgehead atoms. The summed E-state index contributed by atoms with van der Waals surface area (Å²) in [5.74, 6) is 0. The minimum Gasteiger partial charge on any atom is -0.383 e. The van der Waals surface area contributed by atoms with Crippen LogP contribution < -0.4 is 5.32 Å². The van der Waals surface area contributed by atoms with Gasteiger partial charge >= 0.3 is 0 Å². The van der Waals surface area contributed by atoms with Crippen molar-refractivity contribution < 1.29 is 4.74 Å². The summed E-state index contributed by atoms with van der Waals surface area (Å²) in [5, 5.41) is 3.17. The highest BCUT2D eigenvalue weighted by molar-refractivity contribution is 4.66. The Morgan fingerprint density at radius 1 is 1.38 bits per heavy atom. The summed E-state index contributed by atoms with van der Waals surface area (Å²) in [6, 6.07) is 0.526. The minimum atomic E-state index is 0.526. The second-order valence-corrected chi connectivity index (χ2v) is 3.44. The molecular weight excluding hydrogens is 164 g/mol. The molecule has 0 aromatic heterocycles. The summed E-state index contributed by atoms with van der Waals surface area (Å²) in [5.41, 5.74) is 0. The number of ether oxygens (including phenoxy) is 1. The zero-order valence-corrected chi connectivity index (χ0v) is 9.47. The van der Waals surface area contributed by atoms with E-state index in [0.29, 0.717) is 6.04 Å². The van der Waals surface area contributed by atoms with Gasteiger partial charge in [-0.15, -0.1) is 0 Å². The van der Waals surface area contributed by atoms with Gasteiger partial charge in [-0.3, -0.25) is 4.90 Å². The van der Waals surface area contributed by atoms with Gasteiger partial charge in [0.1, 0.15) is 0 Å². The Kier molecular flexibility index (Phi) is 8.40. The van der Waals surface area contributed by atoms with Crippen molar-refractivity contribution in [1.82, 2.24) is 10.2 Å². The normalized spacial score (nSPS) is 13.6. The molecule has 3 heteroatoms. The third-order valence-electron chi connectivity index (χ3n) is 2.19. The van der Waals surface area contributed by atoms with Gasteiger partial charge in [-0.25, -0.2) is 0 Å². The lowest BCUT2D eigenvalue weighted by Gasteiger charge is -2.28. The van der Waals surface area contributed by atoms with Gasteiger partial charge in [0.2, 0.25) is 0 Å². The molecule has 1 N–H and O–H groups in total. The molecule has 0 rings (SSSR count). The number of nitrogens with zero attached hydrogens (tertiary/aromatic N) is 1. The molecule has 0 aliphatic rings. The van der Waals surface area contributed by atoms with Crippen LogP contribution in [0.25, 0.3) is 0 Å². The third-order valence-corrected chi connectivity index (χ3v) is 2.19. The summed E-state index contributed by atoms with van der Waals surface area (Å²) in [4.78, 5) is 2.46. The average Bonchev–Trinajstić information content (AvgIpc) is 2.12. The molecule has 0 radical (unpaired) electrons. The monoisotopic (exact) mass is 188 g/mol. The van der Waals surface area contributed by atoms with E-state index in [4.69, 9.17) is 4.74 Å². The summed E-state index contributed by atoms with van der Waals surface area (Å²) in [6.07, 6.45) is 1.21. The van der Waals surface area contributed by atoms with Gasteiger partial charge in [0.15, 0.2) is 0 Å². The lowest BCUT2D eigenvalue weighted by Crippen LogP contribution is -2.40. The fourth-order valence-electron chi connectivity index (χ4n) is 1.44. The molecule has 80 valence electrons. The number of nitrogens with one attached hydrogen (secondary N) is 1. The summed E-state index contributed by atoms with van der Waals surface area (Å²) < 4.78 is 5.15. The van der Waals surface area contributed by atoms with Crippen molar-refractivity contribution in [3.63, 3.8) is 0 Å². The van der Waals surface area contributed by atoms with Crippen molar-refractivity contribution in [1.29, 1.82) is 0 Å². The molecule has 1 unspecified atom stereocenters. The second-order valence-electron chi connectivity index (χ2n) is 3.44. The second kappa shape index (κ2) is 8.48. The van der Waals surface area contributed by atoms with Crippen LogP contribution in [0, 0.1) is 0 Å². The Balaban J connectivity index is 3.75. The molecule has 0 aliphatic carbocycles. The fourth-order valence-corrected chi connectivity index (χ4v) is 1.44. The summed E-state index contributed by atoms with van der Waals surface area (Å²) in [7, 11) is 3.75. The highest BCUT2D eigenvalue weighted by atomic mass is 16.5. The van der Waals surface area contributed by atoms with Crippen molar-refractivity contribution in [2.75, 3.05) is 40.4 Å². The summed E-state index contributed by atoms with van der Waals surface area (Å²) >= 11 is 0. The van der Waals surface area contributed by atoms with Crippen molar-refractivity contribution >= 4 is 0 Å². The first-order valence-corrected chi connectivity index (χ1v) is 5.13. The van der Waals surface area contributed by atoms with E-state index in [1.807, 2.05) is 7.05 Å². The van der Waals surface area contributed by atoms with Crippen LogP contribution >= 0.6 is 0 Å². The van der Waals surface area contributed by atoms with E-state index >= 15 is 0 Å². The molecule has 0 aromatic rings. The van der Waals surface area contributed by atoms with Crippen LogP contribution in [0.1, 0.15) is 20.3 Å². The van der Waals surface area contributed by atoms with Crippen LogP contribution in [-0.2, 0) is 4.74 Å². The highest BCUT2D eigenvalue weighted by Crippen LogP contribution is 2.00. The van der Waals surface area contributed by atoms with Crippen LogP contribution in [0.15, 0.2) is 0 Å². The highest BCUT2D eigenvalue weighted by Gasteiger charge is 2.11. The topological polar surface area (TPSA) is 24.5 Å². The van der Waals surface area contributed by atoms with Gasteiger partial charge in [0.05, 0.1) is 6.61 Å². The number of methoxy groups -OCH3 is 1. The predicted molar refractivity (Wildman–Crippen MR) is 57.1 cm³/mol. The van der Waals surface area contributed by atoms with E-state index in [-0.39, 0.29) is 0 Å². The molecule has 3 nitrogen and oxygen atoms in total. The Labute approximate surface area is 82.4 Å². The van der Waals surface area contributed by atoms with E-state index in [1.165, 1.54) is 6.42 Å². The summed E-state index contributed by atoms with van der Waals surface area (Å²) in [6.45, 7) is 8.57. The molecular formula is C10H24N2O. The van der Waals surface area contributed by atoms with Crippen LogP contribution in [0.3, 0.4) is 0 Å². The maximum atomic E-state index is 5.15. The van der Waals surface area contributed by atoms with E-state index in [1.54, 1.807) is 7.11 Å². The van der Waals surface area contributed by atoms with Crippen LogP contribution in [-0.4, -0.2) is 51.3 Å². The van der Waals surface area contributed by atoms with E-state index < -0.39 is 0 Å². The molecule has 0 amide bonds. The molecule has 0 saturated heterocycles. The van der Waals surface area contributed by atoms with Crippen molar-refractivity contribution in [2.24, 2.45) is 0 Å². The maximum Gasteiger partial charge on any atom is 0.0615 e. The smallest absolute Gasteiger partial charge is 0.0615 e.